The summed E-state index contributed by atoms with van der Waals surface area (Å²) >= 11 is 1.66. The highest BCUT2D eigenvalue weighted by molar-refractivity contribution is 7.18. The number of nitrogens with zero attached hydrogens (tertiary/aromatic N) is 3. The molecule has 0 unspecified atom stereocenters. The van der Waals surface area contributed by atoms with Gasteiger partial charge in [0.05, 0.1) is 11.6 Å². The van der Waals surface area contributed by atoms with Crippen LogP contribution in [-0.4, -0.2) is 15.9 Å². The molecule has 122 valence electrons. The van der Waals surface area contributed by atoms with Crippen LogP contribution in [0.5, 0.6) is 0 Å². The zero-order chi connectivity index (χ0) is 16.5. The van der Waals surface area contributed by atoms with Crippen molar-refractivity contribution >= 4 is 27.8 Å². The normalized spacial score (nSPS) is 14.4. The first kappa shape index (κ1) is 15.3. The van der Waals surface area contributed by atoms with Gasteiger partial charge < -0.3 is 0 Å². The number of rotatable bonds is 3. The van der Waals surface area contributed by atoms with Gasteiger partial charge in [-0.15, -0.1) is 11.3 Å². The molecule has 5 heteroatoms. The molecule has 1 aromatic carbocycles. The molecule has 3 aromatic rings. The lowest BCUT2D eigenvalue weighted by atomic mass is 9.97. The van der Waals surface area contributed by atoms with E-state index in [0.717, 1.165) is 41.5 Å². The molecule has 2 aromatic heterocycles. The van der Waals surface area contributed by atoms with E-state index in [-0.39, 0.29) is 5.56 Å². The quantitative estimate of drug-likeness (QED) is 0.683. The van der Waals surface area contributed by atoms with Crippen LogP contribution in [0.4, 0.5) is 0 Å². The van der Waals surface area contributed by atoms with Crippen LogP contribution in [0.2, 0.25) is 0 Å². The summed E-state index contributed by atoms with van der Waals surface area (Å²) in [6, 6.07) is 8.21. The largest absolute Gasteiger partial charge is 0.282 e. The number of aromatic nitrogens is 2. The van der Waals surface area contributed by atoms with Crippen molar-refractivity contribution in [2.75, 3.05) is 0 Å². The van der Waals surface area contributed by atoms with Crippen LogP contribution in [0.15, 0.2) is 40.5 Å². The molecule has 4 rings (SSSR count). The monoisotopic (exact) mass is 337 g/mol. The number of thiophene rings is 1. The summed E-state index contributed by atoms with van der Waals surface area (Å²) < 4.78 is 1.36. The van der Waals surface area contributed by atoms with Gasteiger partial charge in [-0.25, -0.2) is 4.98 Å². The van der Waals surface area contributed by atoms with E-state index in [1.165, 1.54) is 33.4 Å². The van der Waals surface area contributed by atoms with Gasteiger partial charge in [-0.3, -0.25) is 4.79 Å². The third-order valence-corrected chi connectivity index (χ3v) is 5.78. The third kappa shape index (κ3) is 2.69. The maximum Gasteiger partial charge on any atom is 0.282 e. The minimum atomic E-state index is -0.0548. The van der Waals surface area contributed by atoms with Gasteiger partial charge in [0.15, 0.2) is 0 Å². The second-order valence-electron chi connectivity index (χ2n) is 6.13. The SMILES string of the molecule is CCc1ccc(C=Nn2cnc3sc4c(c3c2=O)CCCC4)cc1. The summed E-state index contributed by atoms with van der Waals surface area (Å²) in [7, 11) is 0. The highest BCUT2D eigenvalue weighted by atomic mass is 32.1. The molecule has 0 saturated carbocycles. The van der Waals surface area contributed by atoms with E-state index in [4.69, 9.17) is 0 Å². The van der Waals surface area contributed by atoms with Crippen molar-refractivity contribution in [2.24, 2.45) is 5.10 Å². The fraction of sp³-hybridized carbons (Fsp3) is 0.316. The lowest BCUT2D eigenvalue weighted by molar-refractivity contribution is 0.699. The molecule has 0 N–H and O–H groups in total. The van der Waals surface area contributed by atoms with Crippen LogP contribution < -0.4 is 5.56 Å². The Morgan fingerprint density at radius 3 is 2.83 bits per heavy atom. The van der Waals surface area contributed by atoms with E-state index >= 15 is 0 Å². The van der Waals surface area contributed by atoms with Crippen molar-refractivity contribution in [3.8, 4) is 0 Å². The molecule has 1 aliphatic carbocycles. The highest BCUT2D eigenvalue weighted by Gasteiger charge is 2.19. The zero-order valence-corrected chi connectivity index (χ0v) is 14.5. The maximum absolute atomic E-state index is 12.8. The topological polar surface area (TPSA) is 47.2 Å². The fourth-order valence-corrected chi connectivity index (χ4v) is 4.41. The number of aryl methyl sites for hydroxylation is 3. The van der Waals surface area contributed by atoms with Gasteiger partial charge in [-0.1, -0.05) is 31.2 Å². The van der Waals surface area contributed by atoms with Crippen molar-refractivity contribution in [1.29, 1.82) is 0 Å². The molecule has 4 nitrogen and oxygen atoms in total. The van der Waals surface area contributed by atoms with Gasteiger partial charge in [0.1, 0.15) is 11.2 Å². The molecule has 0 aliphatic heterocycles. The Kier molecular flexibility index (Phi) is 4.02. The van der Waals surface area contributed by atoms with Gasteiger partial charge in [0, 0.05) is 4.88 Å². The second-order valence-corrected chi connectivity index (χ2v) is 7.21. The van der Waals surface area contributed by atoms with Gasteiger partial charge in [-0.05, 0) is 48.8 Å². The Morgan fingerprint density at radius 2 is 2.04 bits per heavy atom. The maximum atomic E-state index is 12.8. The van der Waals surface area contributed by atoms with Gasteiger partial charge >= 0.3 is 0 Å². The lowest BCUT2D eigenvalue weighted by Gasteiger charge is -2.09. The standard InChI is InChI=1S/C19H19N3OS/c1-2-13-7-9-14(10-8-13)11-21-22-12-20-18-17(19(22)23)15-5-3-4-6-16(15)24-18/h7-12H,2-6H2,1H3. The third-order valence-electron chi connectivity index (χ3n) is 4.58. The Balaban J connectivity index is 1.72. The Bertz CT molecular complexity index is 967. The van der Waals surface area contributed by atoms with Crippen molar-refractivity contribution in [3.05, 3.63) is 62.5 Å². The van der Waals surface area contributed by atoms with Crippen LogP contribution in [0, 0.1) is 0 Å². The first-order valence-corrected chi connectivity index (χ1v) is 9.23. The molecule has 0 amide bonds. The van der Waals surface area contributed by atoms with Gasteiger partial charge in [0.2, 0.25) is 0 Å². The lowest BCUT2D eigenvalue weighted by Crippen LogP contribution is -2.18. The molecule has 0 spiro atoms. The van der Waals surface area contributed by atoms with Crippen LogP contribution in [-0.2, 0) is 19.3 Å². The molecular formula is C19H19N3OS. The number of hydrogen-bond donors (Lipinski definition) is 0. The average Bonchev–Trinajstić information content (AvgIpc) is 3.01. The van der Waals surface area contributed by atoms with Crippen LogP contribution in [0.1, 0.15) is 41.3 Å². The van der Waals surface area contributed by atoms with E-state index in [0.29, 0.717) is 0 Å². The summed E-state index contributed by atoms with van der Waals surface area (Å²) in [4.78, 5) is 19.4. The first-order valence-electron chi connectivity index (χ1n) is 8.41. The predicted octanol–water partition coefficient (Wildman–Crippen LogP) is 3.78. The van der Waals surface area contributed by atoms with E-state index in [9.17, 15) is 4.79 Å². The predicted molar refractivity (Wildman–Crippen MR) is 99.3 cm³/mol. The number of benzene rings is 1. The molecular weight excluding hydrogens is 318 g/mol. The molecule has 1 aliphatic rings. The molecule has 0 radical (unpaired) electrons. The molecule has 0 bridgehead atoms. The fourth-order valence-electron chi connectivity index (χ4n) is 3.19. The summed E-state index contributed by atoms with van der Waals surface area (Å²) in [5, 5.41) is 5.11. The van der Waals surface area contributed by atoms with Gasteiger partial charge in [-0.2, -0.15) is 9.78 Å². The van der Waals surface area contributed by atoms with Crippen molar-refractivity contribution < 1.29 is 0 Å². The zero-order valence-electron chi connectivity index (χ0n) is 13.7. The summed E-state index contributed by atoms with van der Waals surface area (Å²) in [6.45, 7) is 2.13. The van der Waals surface area contributed by atoms with Crippen molar-refractivity contribution in [1.82, 2.24) is 9.66 Å². The first-order chi connectivity index (χ1) is 11.8. The van der Waals surface area contributed by atoms with Gasteiger partial charge in [0.25, 0.3) is 5.56 Å². The minimum absolute atomic E-state index is 0.0548. The second kappa shape index (κ2) is 6.32. The summed E-state index contributed by atoms with van der Waals surface area (Å²) in [6.07, 6.45) is 8.68. The Hall–Kier alpha value is -2.27. The summed E-state index contributed by atoms with van der Waals surface area (Å²) in [5.74, 6) is 0. The van der Waals surface area contributed by atoms with Crippen LogP contribution in [0.3, 0.4) is 0 Å². The van der Waals surface area contributed by atoms with E-state index in [2.05, 4.69) is 29.1 Å². The molecule has 2 heterocycles. The smallest absolute Gasteiger partial charge is 0.267 e. The van der Waals surface area contributed by atoms with Crippen LogP contribution in [0.25, 0.3) is 10.2 Å². The number of fused-ring (bicyclic) bond motifs is 3. The van der Waals surface area contributed by atoms with Crippen molar-refractivity contribution in [3.63, 3.8) is 0 Å². The Morgan fingerprint density at radius 1 is 1.25 bits per heavy atom. The molecule has 24 heavy (non-hydrogen) atoms. The number of hydrogen-bond acceptors (Lipinski definition) is 4. The molecule has 0 saturated heterocycles. The Labute approximate surface area is 144 Å². The van der Waals surface area contributed by atoms with E-state index < -0.39 is 0 Å². The van der Waals surface area contributed by atoms with E-state index in [1.54, 1.807) is 17.6 Å². The van der Waals surface area contributed by atoms with Crippen LogP contribution >= 0.6 is 11.3 Å². The van der Waals surface area contributed by atoms with E-state index in [1.807, 2.05) is 12.1 Å². The molecule has 0 atom stereocenters. The minimum Gasteiger partial charge on any atom is -0.267 e. The van der Waals surface area contributed by atoms with Crippen molar-refractivity contribution in [2.45, 2.75) is 39.0 Å². The molecule has 0 fully saturated rings. The highest BCUT2D eigenvalue weighted by Crippen LogP contribution is 2.33. The summed E-state index contributed by atoms with van der Waals surface area (Å²) in [5.41, 5.74) is 3.42. The average molecular weight is 337 g/mol.